The third-order valence-electron chi connectivity index (χ3n) is 5.52. The first-order chi connectivity index (χ1) is 15.9. The first-order valence-electron chi connectivity index (χ1n) is 10.1. The molecule has 1 aromatic heterocycles. The zero-order chi connectivity index (χ0) is 23.7. The second-order valence-electron chi connectivity index (χ2n) is 7.40. The number of hydrogen-bond donors (Lipinski definition) is 1. The molecule has 0 radical (unpaired) electrons. The molecule has 1 N–H and O–H groups in total. The van der Waals surface area contributed by atoms with E-state index in [0.29, 0.717) is 11.4 Å². The van der Waals surface area contributed by atoms with Crippen molar-refractivity contribution in [3.05, 3.63) is 88.2 Å². The number of nitrogens with zero attached hydrogens (tertiary/aromatic N) is 2. The van der Waals surface area contributed by atoms with Crippen LogP contribution in [0.2, 0.25) is 5.02 Å². The molecule has 1 aliphatic rings. The second kappa shape index (κ2) is 8.96. The molecule has 33 heavy (non-hydrogen) atoms. The normalized spacial score (nSPS) is 17.3. The van der Waals surface area contributed by atoms with Gasteiger partial charge >= 0.3 is 0 Å². The van der Waals surface area contributed by atoms with Crippen molar-refractivity contribution in [2.45, 2.75) is 13.0 Å². The quantitative estimate of drug-likeness (QED) is 0.335. The predicted molar refractivity (Wildman–Crippen MR) is 125 cm³/mol. The first-order valence-corrected chi connectivity index (χ1v) is 10.5. The molecule has 7 nitrogen and oxygen atoms in total. The van der Waals surface area contributed by atoms with Crippen LogP contribution in [0.1, 0.15) is 22.9 Å². The van der Waals surface area contributed by atoms with Gasteiger partial charge in [-0.2, -0.15) is 0 Å². The van der Waals surface area contributed by atoms with Gasteiger partial charge in [-0.05, 0) is 36.8 Å². The summed E-state index contributed by atoms with van der Waals surface area (Å²) in [5.41, 5.74) is 1.84. The van der Waals surface area contributed by atoms with E-state index in [-0.39, 0.29) is 27.7 Å². The van der Waals surface area contributed by atoms with Crippen LogP contribution in [0.5, 0.6) is 11.5 Å². The van der Waals surface area contributed by atoms with E-state index in [1.165, 1.54) is 31.3 Å². The number of anilines is 1. The minimum Gasteiger partial charge on any atom is -0.507 e. The van der Waals surface area contributed by atoms with Crippen LogP contribution in [0.15, 0.2) is 66.4 Å². The molecule has 168 valence electrons. The number of rotatable bonds is 5. The number of methoxy groups -OCH3 is 2. The lowest BCUT2D eigenvalue weighted by atomic mass is 9.97. The third kappa shape index (κ3) is 3.81. The Labute approximate surface area is 195 Å². The lowest BCUT2D eigenvalue weighted by Crippen LogP contribution is -2.30. The lowest BCUT2D eigenvalue weighted by molar-refractivity contribution is -0.132. The zero-order valence-corrected chi connectivity index (χ0v) is 19.0. The van der Waals surface area contributed by atoms with E-state index < -0.39 is 23.5 Å². The number of amides is 1. The van der Waals surface area contributed by atoms with Crippen LogP contribution >= 0.6 is 11.6 Å². The molecule has 2 aromatic carbocycles. The summed E-state index contributed by atoms with van der Waals surface area (Å²) >= 11 is 6.20. The van der Waals surface area contributed by atoms with Gasteiger partial charge in [-0.1, -0.05) is 35.9 Å². The highest BCUT2D eigenvalue weighted by Gasteiger charge is 2.48. The number of ether oxygens (including phenoxy) is 2. The van der Waals surface area contributed by atoms with Crippen molar-refractivity contribution >= 4 is 34.7 Å². The number of aliphatic hydroxyl groups excluding tert-OH is 1. The highest BCUT2D eigenvalue weighted by atomic mass is 35.5. The Morgan fingerprint density at radius 2 is 1.73 bits per heavy atom. The zero-order valence-electron chi connectivity index (χ0n) is 18.2. The minimum absolute atomic E-state index is 0.107. The summed E-state index contributed by atoms with van der Waals surface area (Å²) < 4.78 is 10.6. The fraction of sp³-hybridized carbons (Fsp3) is 0.160. The van der Waals surface area contributed by atoms with Gasteiger partial charge in [0.25, 0.3) is 11.7 Å². The van der Waals surface area contributed by atoms with Gasteiger partial charge in [-0.15, -0.1) is 0 Å². The van der Waals surface area contributed by atoms with Gasteiger partial charge in [0.2, 0.25) is 0 Å². The third-order valence-corrected chi connectivity index (χ3v) is 5.81. The van der Waals surface area contributed by atoms with Gasteiger partial charge in [0.1, 0.15) is 23.3 Å². The molecule has 0 aliphatic carbocycles. The lowest BCUT2D eigenvalue weighted by Gasteiger charge is -2.26. The summed E-state index contributed by atoms with van der Waals surface area (Å²) in [6.45, 7) is 1.84. The maximum absolute atomic E-state index is 13.3. The van der Waals surface area contributed by atoms with Crippen LogP contribution in [0, 0.1) is 6.92 Å². The molecule has 0 saturated carbocycles. The smallest absolute Gasteiger partial charge is 0.300 e. The number of halogens is 1. The van der Waals surface area contributed by atoms with E-state index in [1.54, 1.807) is 36.5 Å². The van der Waals surface area contributed by atoms with Crippen molar-refractivity contribution in [2.75, 3.05) is 19.1 Å². The summed E-state index contributed by atoms with van der Waals surface area (Å²) in [7, 11) is 2.85. The number of aromatic nitrogens is 1. The Balaban J connectivity index is 2.01. The molecule has 1 atom stereocenters. The number of aliphatic hydroxyl groups is 1. The number of carbonyl (C=O) groups excluding carboxylic acids is 2. The van der Waals surface area contributed by atoms with Crippen LogP contribution in [0.3, 0.4) is 0 Å². The molecule has 3 aromatic rings. The topological polar surface area (TPSA) is 89.0 Å². The van der Waals surface area contributed by atoms with Crippen LogP contribution in [-0.4, -0.2) is 36.0 Å². The van der Waals surface area contributed by atoms with Crippen molar-refractivity contribution in [1.29, 1.82) is 0 Å². The monoisotopic (exact) mass is 464 g/mol. The number of benzene rings is 2. The molecule has 0 spiro atoms. The van der Waals surface area contributed by atoms with Crippen LogP contribution in [0.25, 0.3) is 5.76 Å². The fourth-order valence-corrected chi connectivity index (χ4v) is 4.15. The number of hydrogen-bond acceptors (Lipinski definition) is 6. The van der Waals surface area contributed by atoms with Crippen LogP contribution in [0.4, 0.5) is 5.69 Å². The average molecular weight is 465 g/mol. The Hall–Kier alpha value is -3.84. The number of ketones is 1. The van der Waals surface area contributed by atoms with Gasteiger partial charge in [-0.3, -0.25) is 19.5 Å². The van der Waals surface area contributed by atoms with E-state index in [0.717, 1.165) is 5.56 Å². The van der Waals surface area contributed by atoms with Gasteiger partial charge < -0.3 is 14.6 Å². The van der Waals surface area contributed by atoms with Crippen molar-refractivity contribution in [3.8, 4) is 11.5 Å². The molecule has 1 aliphatic heterocycles. The number of carbonyl (C=O) groups is 2. The average Bonchev–Trinajstić information content (AvgIpc) is 3.09. The van der Waals surface area contributed by atoms with Crippen molar-refractivity contribution in [1.82, 2.24) is 4.98 Å². The Kier molecular flexibility index (Phi) is 6.07. The molecular weight excluding hydrogens is 444 g/mol. The number of aryl methyl sites for hydroxylation is 1. The molecule has 1 unspecified atom stereocenters. The van der Waals surface area contributed by atoms with Crippen molar-refractivity contribution < 1.29 is 24.2 Å². The summed E-state index contributed by atoms with van der Waals surface area (Å²) in [5.74, 6) is -1.50. The molecule has 4 rings (SSSR count). The van der Waals surface area contributed by atoms with E-state index in [2.05, 4.69) is 4.98 Å². The van der Waals surface area contributed by atoms with Gasteiger partial charge in [0, 0.05) is 18.0 Å². The van der Waals surface area contributed by atoms with Crippen molar-refractivity contribution in [2.24, 2.45) is 0 Å². The summed E-state index contributed by atoms with van der Waals surface area (Å²) in [6.07, 6.45) is 1.57. The molecule has 2 heterocycles. The van der Waals surface area contributed by atoms with E-state index in [1.807, 2.05) is 19.1 Å². The Bertz CT molecular complexity index is 1270. The fourth-order valence-electron chi connectivity index (χ4n) is 3.92. The summed E-state index contributed by atoms with van der Waals surface area (Å²) in [6, 6.07) is 14.4. The number of Topliss-reactive ketones (excluding diaryl/α,β-unsaturated/α-hetero) is 1. The summed E-state index contributed by atoms with van der Waals surface area (Å²) in [5, 5.41) is 11.6. The molecule has 1 amide bonds. The predicted octanol–water partition coefficient (Wildman–Crippen LogP) is 4.69. The molecule has 1 fully saturated rings. The molecular formula is C25H21ClN2O5. The molecule has 0 bridgehead atoms. The Morgan fingerprint density at radius 3 is 2.36 bits per heavy atom. The van der Waals surface area contributed by atoms with Crippen LogP contribution < -0.4 is 14.4 Å². The van der Waals surface area contributed by atoms with Gasteiger partial charge in [0.15, 0.2) is 0 Å². The minimum atomic E-state index is -0.946. The van der Waals surface area contributed by atoms with E-state index in [4.69, 9.17) is 21.1 Å². The standard InChI is InChI=1S/C25H21ClN2O5/c1-14-8-4-5-10-18(14)28-22(17-9-6-7-11-27-17)21(24(30)25(28)31)23(29)15-12-20(33-3)16(26)13-19(15)32-2/h4-13,22,29H,1-3H3/b23-21+. The van der Waals surface area contributed by atoms with Crippen LogP contribution in [-0.2, 0) is 9.59 Å². The van der Waals surface area contributed by atoms with E-state index in [9.17, 15) is 14.7 Å². The maximum Gasteiger partial charge on any atom is 0.300 e. The summed E-state index contributed by atoms with van der Waals surface area (Å²) in [4.78, 5) is 32.3. The molecule has 8 heteroatoms. The van der Waals surface area contributed by atoms with E-state index >= 15 is 0 Å². The largest absolute Gasteiger partial charge is 0.507 e. The SMILES string of the molecule is COc1cc(/C(O)=C2\C(=O)C(=O)N(c3ccccc3C)C2c2ccccn2)c(OC)cc1Cl. The molecule has 1 saturated heterocycles. The Morgan fingerprint density at radius 1 is 1.03 bits per heavy atom. The first kappa shape index (κ1) is 22.4. The highest BCUT2D eigenvalue weighted by Crippen LogP contribution is 2.44. The van der Waals surface area contributed by atoms with Gasteiger partial charge in [0.05, 0.1) is 36.1 Å². The van der Waals surface area contributed by atoms with Gasteiger partial charge in [-0.25, -0.2) is 0 Å². The number of pyridine rings is 1. The highest BCUT2D eigenvalue weighted by molar-refractivity contribution is 6.51. The maximum atomic E-state index is 13.3. The van der Waals surface area contributed by atoms with Crippen molar-refractivity contribution in [3.63, 3.8) is 0 Å². The number of para-hydroxylation sites is 1. The second-order valence-corrected chi connectivity index (χ2v) is 7.80.